The van der Waals surface area contributed by atoms with E-state index < -0.39 is 0 Å². The molecular weight excluding hydrogens is 329 g/mol. The minimum absolute atomic E-state index is 0.675. The van der Waals surface area contributed by atoms with Crippen LogP contribution in [0.3, 0.4) is 0 Å². The van der Waals surface area contributed by atoms with Crippen molar-refractivity contribution < 1.29 is 0 Å². The standard InChI is InChI=1S/C23H18BN3/c1-2-24-20-15-9-14-19(16-20)23-26-21(17-10-5-3-6-11-17)25-22(27-23)18-12-7-4-8-13-18/h2-16,24H,1H2. The molecule has 4 heteroatoms. The van der Waals surface area contributed by atoms with Gasteiger partial charge in [-0.3, -0.25) is 0 Å². The number of benzene rings is 3. The van der Waals surface area contributed by atoms with E-state index >= 15 is 0 Å². The molecule has 0 radical (unpaired) electrons. The van der Waals surface area contributed by atoms with E-state index in [0.29, 0.717) is 17.5 Å². The predicted octanol–water partition coefficient (Wildman–Crippen LogP) is 4.08. The Morgan fingerprint density at radius 2 is 1.07 bits per heavy atom. The number of hydrogen-bond acceptors (Lipinski definition) is 3. The van der Waals surface area contributed by atoms with Crippen molar-refractivity contribution in [2.45, 2.75) is 0 Å². The Bertz CT molecular complexity index is 1010. The van der Waals surface area contributed by atoms with E-state index in [-0.39, 0.29) is 0 Å². The monoisotopic (exact) mass is 347 g/mol. The molecule has 128 valence electrons. The van der Waals surface area contributed by atoms with Gasteiger partial charge in [0.25, 0.3) is 0 Å². The second kappa shape index (κ2) is 7.79. The summed E-state index contributed by atoms with van der Waals surface area (Å²) in [5.41, 5.74) is 4.11. The van der Waals surface area contributed by atoms with Crippen molar-refractivity contribution in [2.75, 3.05) is 0 Å². The molecule has 4 rings (SSSR count). The van der Waals surface area contributed by atoms with Crippen LogP contribution < -0.4 is 5.46 Å². The van der Waals surface area contributed by atoms with Gasteiger partial charge in [-0.15, -0.1) is 12.6 Å². The van der Waals surface area contributed by atoms with Gasteiger partial charge in [0.15, 0.2) is 24.8 Å². The van der Waals surface area contributed by atoms with Gasteiger partial charge in [0.05, 0.1) is 0 Å². The summed E-state index contributed by atoms with van der Waals surface area (Å²) in [4.78, 5) is 14.2. The molecule has 1 heterocycles. The van der Waals surface area contributed by atoms with E-state index in [0.717, 1.165) is 24.0 Å². The summed E-state index contributed by atoms with van der Waals surface area (Å²) in [6.07, 6.45) is 0. The molecule has 0 aliphatic carbocycles. The summed E-state index contributed by atoms with van der Waals surface area (Å²) in [5, 5.41) is 0. The normalized spacial score (nSPS) is 10.4. The lowest BCUT2D eigenvalue weighted by Crippen LogP contribution is -2.11. The van der Waals surface area contributed by atoms with Crippen LogP contribution in [-0.4, -0.2) is 22.2 Å². The van der Waals surface area contributed by atoms with Crippen molar-refractivity contribution in [3.05, 3.63) is 97.5 Å². The molecule has 0 spiro atoms. The average Bonchev–Trinajstić information content (AvgIpc) is 2.75. The number of nitrogens with zero attached hydrogens (tertiary/aromatic N) is 3. The van der Waals surface area contributed by atoms with E-state index in [9.17, 15) is 0 Å². The summed E-state index contributed by atoms with van der Waals surface area (Å²) in [5.74, 6) is 3.92. The van der Waals surface area contributed by atoms with Gasteiger partial charge >= 0.3 is 0 Å². The Labute approximate surface area is 159 Å². The van der Waals surface area contributed by atoms with Gasteiger partial charge in [-0.2, -0.15) is 0 Å². The van der Waals surface area contributed by atoms with Gasteiger partial charge in [-0.1, -0.05) is 90.4 Å². The third-order valence-electron chi connectivity index (χ3n) is 4.26. The number of rotatable bonds is 5. The summed E-state index contributed by atoms with van der Waals surface area (Å²) in [6.45, 7) is 3.82. The van der Waals surface area contributed by atoms with Gasteiger partial charge in [-0.05, 0) is 0 Å². The third-order valence-corrected chi connectivity index (χ3v) is 4.26. The van der Waals surface area contributed by atoms with Crippen molar-refractivity contribution in [3.8, 4) is 34.2 Å². The van der Waals surface area contributed by atoms with Crippen LogP contribution >= 0.6 is 0 Å². The van der Waals surface area contributed by atoms with Crippen LogP contribution in [0.2, 0.25) is 0 Å². The van der Waals surface area contributed by atoms with Crippen molar-refractivity contribution in [1.29, 1.82) is 0 Å². The molecule has 0 bridgehead atoms. The van der Waals surface area contributed by atoms with Crippen LogP contribution in [0.25, 0.3) is 34.2 Å². The Kier molecular flexibility index (Phi) is 4.88. The summed E-state index contributed by atoms with van der Waals surface area (Å²) >= 11 is 0. The van der Waals surface area contributed by atoms with Crippen LogP contribution in [0, 0.1) is 0 Å². The highest BCUT2D eigenvalue weighted by Crippen LogP contribution is 2.23. The van der Waals surface area contributed by atoms with Gasteiger partial charge in [0.2, 0.25) is 0 Å². The SMILES string of the molecule is C=CBc1cccc(-c2nc(-c3ccccc3)nc(-c3ccccc3)n2)c1. The zero-order chi connectivity index (χ0) is 18.5. The Morgan fingerprint density at radius 3 is 1.59 bits per heavy atom. The second-order valence-electron chi connectivity index (χ2n) is 6.23. The molecule has 0 atom stereocenters. The molecule has 0 N–H and O–H groups in total. The zero-order valence-electron chi connectivity index (χ0n) is 14.9. The van der Waals surface area contributed by atoms with Crippen LogP contribution in [0.15, 0.2) is 97.5 Å². The molecule has 0 saturated carbocycles. The molecule has 3 nitrogen and oxygen atoms in total. The molecule has 3 aromatic carbocycles. The number of hydrogen-bond donors (Lipinski definition) is 0. The van der Waals surface area contributed by atoms with Gasteiger partial charge in [0.1, 0.15) is 0 Å². The highest BCUT2D eigenvalue weighted by molar-refractivity contribution is 6.58. The summed E-state index contributed by atoms with van der Waals surface area (Å²) < 4.78 is 0. The topological polar surface area (TPSA) is 38.7 Å². The fourth-order valence-electron chi connectivity index (χ4n) is 2.94. The molecule has 0 fully saturated rings. The van der Waals surface area contributed by atoms with Gasteiger partial charge in [0, 0.05) is 16.7 Å². The van der Waals surface area contributed by atoms with E-state index in [1.165, 1.54) is 5.46 Å². The smallest absolute Gasteiger partial charge is 0.182 e. The third kappa shape index (κ3) is 3.85. The molecular formula is C23H18BN3. The summed E-state index contributed by atoms with van der Waals surface area (Å²) in [6, 6.07) is 28.3. The van der Waals surface area contributed by atoms with E-state index in [2.05, 4.69) is 18.7 Å². The molecule has 27 heavy (non-hydrogen) atoms. The minimum atomic E-state index is 0.675. The van der Waals surface area contributed by atoms with E-state index in [1.54, 1.807) is 0 Å². The molecule has 0 saturated heterocycles. The van der Waals surface area contributed by atoms with Crippen molar-refractivity contribution in [2.24, 2.45) is 0 Å². The van der Waals surface area contributed by atoms with Gasteiger partial charge < -0.3 is 0 Å². The second-order valence-corrected chi connectivity index (χ2v) is 6.23. The number of aromatic nitrogens is 3. The van der Waals surface area contributed by atoms with Crippen LogP contribution in [0.5, 0.6) is 0 Å². The van der Waals surface area contributed by atoms with Crippen molar-refractivity contribution in [1.82, 2.24) is 15.0 Å². The first kappa shape index (κ1) is 16.9. The lowest BCUT2D eigenvalue weighted by molar-refractivity contribution is 1.07. The van der Waals surface area contributed by atoms with Gasteiger partial charge in [-0.25, -0.2) is 15.0 Å². The first-order chi connectivity index (χ1) is 13.3. The Morgan fingerprint density at radius 1 is 0.593 bits per heavy atom. The fraction of sp³-hybridized carbons (Fsp3) is 0. The van der Waals surface area contributed by atoms with Crippen LogP contribution in [0.4, 0.5) is 0 Å². The Hall–Kier alpha value is -3.53. The van der Waals surface area contributed by atoms with Crippen molar-refractivity contribution >= 4 is 12.7 Å². The minimum Gasteiger partial charge on any atom is -0.208 e. The molecule has 4 aromatic rings. The average molecular weight is 347 g/mol. The first-order valence-corrected chi connectivity index (χ1v) is 8.90. The zero-order valence-corrected chi connectivity index (χ0v) is 14.9. The van der Waals surface area contributed by atoms with E-state index in [1.807, 2.05) is 78.8 Å². The fourth-order valence-corrected chi connectivity index (χ4v) is 2.94. The molecule has 1 aromatic heterocycles. The molecule has 0 unspecified atom stereocenters. The quantitative estimate of drug-likeness (QED) is 0.511. The van der Waals surface area contributed by atoms with Crippen molar-refractivity contribution in [3.63, 3.8) is 0 Å². The van der Waals surface area contributed by atoms with Crippen LogP contribution in [0.1, 0.15) is 0 Å². The maximum absolute atomic E-state index is 4.75. The maximum Gasteiger partial charge on any atom is 0.182 e. The highest BCUT2D eigenvalue weighted by Gasteiger charge is 2.12. The highest BCUT2D eigenvalue weighted by atomic mass is 15.0. The lowest BCUT2D eigenvalue weighted by Gasteiger charge is -2.09. The van der Waals surface area contributed by atoms with Crippen LogP contribution in [-0.2, 0) is 0 Å². The molecule has 0 amide bonds. The maximum atomic E-state index is 4.75. The predicted molar refractivity (Wildman–Crippen MR) is 113 cm³/mol. The Balaban J connectivity index is 1.88. The molecule has 0 aliphatic heterocycles. The lowest BCUT2D eigenvalue weighted by atomic mass is 9.70. The first-order valence-electron chi connectivity index (χ1n) is 8.90. The largest absolute Gasteiger partial charge is 0.208 e. The molecule has 0 aliphatic rings. The summed E-state index contributed by atoms with van der Waals surface area (Å²) in [7, 11) is 0.815. The van der Waals surface area contributed by atoms with E-state index in [4.69, 9.17) is 15.0 Å².